The summed E-state index contributed by atoms with van der Waals surface area (Å²) in [4.78, 5) is 32.6. The highest BCUT2D eigenvalue weighted by molar-refractivity contribution is 6.34. The van der Waals surface area contributed by atoms with Gasteiger partial charge in [-0.05, 0) is 12.1 Å². The summed E-state index contributed by atoms with van der Waals surface area (Å²) in [5.41, 5.74) is -0.334. The molecule has 1 aromatic carbocycles. The molecule has 0 saturated heterocycles. The van der Waals surface area contributed by atoms with E-state index in [1.165, 1.54) is 12.1 Å². The largest absolute Gasteiger partial charge is 0.289 e. The fourth-order valence-corrected chi connectivity index (χ4v) is 1.59. The molecular formula is C11H5N3O4. The van der Waals surface area contributed by atoms with E-state index < -0.39 is 16.7 Å². The molecule has 0 aliphatic carbocycles. The maximum atomic E-state index is 11.4. The molecule has 1 aliphatic rings. The van der Waals surface area contributed by atoms with Crippen LogP contribution in [0, 0.1) is 21.4 Å². The van der Waals surface area contributed by atoms with Crippen molar-refractivity contribution in [2.45, 2.75) is 0 Å². The summed E-state index contributed by atoms with van der Waals surface area (Å²) in [5, 5.41) is 21.6. The summed E-state index contributed by atoms with van der Waals surface area (Å²) < 4.78 is 0. The average Bonchev–Trinajstić information content (AvgIpc) is 2.67. The Morgan fingerprint density at radius 2 is 2.06 bits per heavy atom. The monoisotopic (exact) mass is 243 g/mol. The molecule has 0 saturated carbocycles. The van der Waals surface area contributed by atoms with Gasteiger partial charge in [-0.15, -0.1) is 0 Å². The fraction of sp³-hybridized carbons (Fsp3) is 0. The molecule has 2 rings (SSSR count). The summed E-state index contributed by atoms with van der Waals surface area (Å²) in [5.74, 6) is -1.30. The quantitative estimate of drug-likeness (QED) is 0.461. The second kappa shape index (κ2) is 4.10. The van der Waals surface area contributed by atoms with Crippen LogP contribution in [0.1, 0.15) is 11.1 Å². The standard InChI is InChI=1S/C11H5N3O4/c12-5-6-1-2-7(9(3-6)14(17)18)8-4-10(15)13-11(8)16/h1-4H,(H,13,15,16). The molecule has 2 amide bonds. The molecule has 1 heterocycles. The van der Waals surface area contributed by atoms with Crippen LogP contribution >= 0.6 is 0 Å². The average molecular weight is 243 g/mol. The van der Waals surface area contributed by atoms with Crippen LogP contribution in [0.2, 0.25) is 0 Å². The van der Waals surface area contributed by atoms with Crippen molar-refractivity contribution >= 4 is 23.1 Å². The van der Waals surface area contributed by atoms with Crippen LogP contribution in [0.25, 0.3) is 5.57 Å². The zero-order valence-electron chi connectivity index (χ0n) is 8.84. The van der Waals surface area contributed by atoms with E-state index in [4.69, 9.17) is 5.26 Å². The first kappa shape index (κ1) is 11.5. The lowest BCUT2D eigenvalue weighted by Gasteiger charge is -2.02. The molecule has 18 heavy (non-hydrogen) atoms. The molecule has 0 fully saturated rings. The summed E-state index contributed by atoms with van der Waals surface area (Å²) in [7, 11) is 0. The number of carbonyl (C=O) groups is 2. The molecule has 0 radical (unpaired) electrons. The fourth-order valence-electron chi connectivity index (χ4n) is 1.59. The molecule has 88 valence electrons. The van der Waals surface area contributed by atoms with E-state index in [9.17, 15) is 19.7 Å². The number of benzene rings is 1. The third kappa shape index (κ3) is 1.82. The number of carbonyl (C=O) groups excluding carboxylic acids is 2. The molecule has 7 nitrogen and oxygen atoms in total. The number of amides is 2. The second-order valence-corrected chi connectivity index (χ2v) is 3.48. The molecule has 7 heteroatoms. The number of nitro benzene ring substituents is 1. The summed E-state index contributed by atoms with van der Waals surface area (Å²) in [6, 6.07) is 5.46. The highest BCUT2D eigenvalue weighted by atomic mass is 16.6. The van der Waals surface area contributed by atoms with Gasteiger partial charge in [0.15, 0.2) is 0 Å². The lowest BCUT2D eigenvalue weighted by molar-refractivity contribution is -0.385. The Hall–Kier alpha value is -3.01. The van der Waals surface area contributed by atoms with E-state index in [0.717, 1.165) is 12.1 Å². The highest BCUT2D eigenvalue weighted by Crippen LogP contribution is 2.28. The third-order valence-corrected chi connectivity index (χ3v) is 2.37. The first-order valence-electron chi connectivity index (χ1n) is 4.79. The lowest BCUT2D eigenvalue weighted by atomic mass is 10.0. The number of hydrogen-bond donors (Lipinski definition) is 1. The Morgan fingerprint density at radius 3 is 2.56 bits per heavy atom. The summed E-state index contributed by atoms with van der Waals surface area (Å²) in [6.07, 6.45) is 0.997. The minimum absolute atomic E-state index is 0.0161. The van der Waals surface area contributed by atoms with Crippen molar-refractivity contribution in [1.29, 1.82) is 5.26 Å². The number of imide groups is 1. The van der Waals surface area contributed by atoms with Crippen LogP contribution in [0.4, 0.5) is 5.69 Å². The zero-order valence-corrected chi connectivity index (χ0v) is 8.84. The van der Waals surface area contributed by atoms with Gasteiger partial charge in [0.1, 0.15) is 0 Å². The van der Waals surface area contributed by atoms with Crippen molar-refractivity contribution in [3.05, 3.63) is 45.5 Å². The van der Waals surface area contributed by atoms with E-state index >= 15 is 0 Å². The first-order chi connectivity index (χ1) is 8.52. The Labute approximate surface area is 100 Å². The number of nitriles is 1. The van der Waals surface area contributed by atoms with Gasteiger partial charge in [-0.25, -0.2) is 0 Å². The van der Waals surface area contributed by atoms with Gasteiger partial charge >= 0.3 is 0 Å². The highest BCUT2D eigenvalue weighted by Gasteiger charge is 2.28. The first-order valence-corrected chi connectivity index (χ1v) is 4.79. The van der Waals surface area contributed by atoms with Gasteiger partial charge in [-0.3, -0.25) is 25.0 Å². The van der Waals surface area contributed by atoms with Crippen LogP contribution in [0.15, 0.2) is 24.3 Å². The molecule has 0 atom stereocenters. The topological polar surface area (TPSA) is 113 Å². The van der Waals surface area contributed by atoms with Crippen molar-refractivity contribution in [2.24, 2.45) is 0 Å². The molecule has 1 aromatic rings. The lowest BCUT2D eigenvalue weighted by Crippen LogP contribution is -2.21. The van der Waals surface area contributed by atoms with Crippen molar-refractivity contribution in [3.8, 4) is 6.07 Å². The predicted molar refractivity (Wildman–Crippen MR) is 58.9 cm³/mol. The maximum Gasteiger partial charge on any atom is 0.278 e. The zero-order chi connectivity index (χ0) is 13.3. The Morgan fingerprint density at radius 1 is 1.33 bits per heavy atom. The van der Waals surface area contributed by atoms with E-state index in [0.29, 0.717) is 0 Å². The van der Waals surface area contributed by atoms with Gasteiger partial charge in [0.05, 0.1) is 27.7 Å². The molecule has 0 aromatic heterocycles. The Kier molecular flexibility index (Phi) is 2.61. The van der Waals surface area contributed by atoms with E-state index in [2.05, 4.69) is 0 Å². The van der Waals surface area contributed by atoms with E-state index in [1.54, 1.807) is 6.07 Å². The van der Waals surface area contributed by atoms with Crippen molar-refractivity contribution < 1.29 is 14.5 Å². The molecular weight excluding hydrogens is 238 g/mol. The van der Waals surface area contributed by atoms with Gasteiger partial charge in [-0.1, -0.05) is 0 Å². The molecule has 1 N–H and O–H groups in total. The van der Waals surface area contributed by atoms with Gasteiger partial charge in [-0.2, -0.15) is 5.26 Å². The SMILES string of the molecule is N#Cc1ccc(C2=CC(=O)NC2=O)c([N+](=O)[O-])c1. The Bertz CT molecular complexity index is 655. The minimum atomic E-state index is -0.701. The summed E-state index contributed by atoms with van der Waals surface area (Å²) in [6.45, 7) is 0. The number of rotatable bonds is 2. The van der Waals surface area contributed by atoms with Crippen LogP contribution in [-0.2, 0) is 9.59 Å². The van der Waals surface area contributed by atoms with Crippen LogP contribution < -0.4 is 5.32 Å². The van der Waals surface area contributed by atoms with E-state index in [1.807, 2.05) is 5.32 Å². The number of nitrogens with zero attached hydrogens (tertiary/aromatic N) is 2. The molecule has 0 spiro atoms. The number of hydrogen-bond acceptors (Lipinski definition) is 5. The molecule has 0 unspecified atom stereocenters. The van der Waals surface area contributed by atoms with E-state index in [-0.39, 0.29) is 22.4 Å². The predicted octanol–water partition coefficient (Wildman–Crippen LogP) is 0.506. The van der Waals surface area contributed by atoms with Gasteiger partial charge < -0.3 is 0 Å². The van der Waals surface area contributed by atoms with Crippen LogP contribution in [0.5, 0.6) is 0 Å². The summed E-state index contributed by atoms with van der Waals surface area (Å²) >= 11 is 0. The maximum absolute atomic E-state index is 11.4. The number of nitrogens with one attached hydrogen (secondary N) is 1. The smallest absolute Gasteiger partial charge is 0.278 e. The third-order valence-electron chi connectivity index (χ3n) is 2.37. The van der Waals surface area contributed by atoms with Gasteiger partial charge in [0.2, 0.25) is 0 Å². The van der Waals surface area contributed by atoms with Crippen LogP contribution in [0.3, 0.4) is 0 Å². The number of nitro groups is 1. The van der Waals surface area contributed by atoms with Crippen molar-refractivity contribution in [2.75, 3.05) is 0 Å². The Balaban J connectivity index is 2.62. The van der Waals surface area contributed by atoms with Crippen molar-refractivity contribution in [1.82, 2.24) is 5.32 Å². The second-order valence-electron chi connectivity index (χ2n) is 3.48. The van der Waals surface area contributed by atoms with Gasteiger partial charge in [0, 0.05) is 12.1 Å². The van der Waals surface area contributed by atoms with Crippen LogP contribution in [-0.4, -0.2) is 16.7 Å². The van der Waals surface area contributed by atoms with Crippen molar-refractivity contribution in [3.63, 3.8) is 0 Å². The van der Waals surface area contributed by atoms with Gasteiger partial charge in [0.25, 0.3) is 17.5 Å². The minimum Gasteiger partial charge on any atom is -0.289 e. The molecule has 1 aliphatic heterocycles. The normalized spacial score (nSPS) is 13.8. The molecule has 0 bridgehead atoms.